The van der Waals surface area contributed by atoms with Gasteiger partial charge in [-0.2, -0.15) is 13.2 Å². The van der Waals surface area contributed by atoms with Crippen LogP contribution in [0.15, 0.2) is 48.5 Å². The van der Waals surface area contributed by atoms with E-state index >= 15 is 0 Å². The third kappa shape index (κ3) is 5.75. The number of benzene rings is 2. The van der Waals surface area contributed by atoms with Gasteiger partial charge in [0.25, 0.3) is 0 Å². The van der Waals surface area contributed by atoms with Gasteiger partial charge < -0.3 is 5.32 Å². The Hall–Kier alpha value is -2.05. The molecule has 1 amide bonds. The molecule has 0 aliphatic rings. The molecule has 0 aliphatic carbocycles. The van der Waals surface area contributed by atoms with Gasteiger partial charge in [-0.25, -0.2) is 0 Å². The number of nitrogens with zero attached hydrogens (tertiary/aromatic N) is 1. The second kappa shape index (κ2) is 8.56. The number of carbonyl (C=O) groups excluding carboxylic acids is 1. The fourth-order valence-corrected chi connectivity index (χ4v) is 2.65. The van der Waals surface area contributed by atoms with Crippen molar-refractivity contribution in [1.82, 2.24) is 4.90 Å². The van der Waals surface area contributed by atoms with Crippen LogP contribution >= 0.6 is 11.6 Å². The van der Waals surface area contributed by atoms with Crippen molar-refractivity contribution >= 4 is 23.2 Å². The normalized spacial score (nSPS) is 11.8. The van der Waals surface area contributed by atoms with Crippen molar-refractivity contribution in [1.29, 1.82) is 0 Å². The van der Waals surface area contributed by atoms with Gasteiger partial charge in [-0.1, -0.05) is 41.9 Å². The van der Waals surface area contributed by atoms with E-state index in [1.54, 1.807) is 0 Å². The first kappa shape index (κ1) is 20.3. The maximum atomic E-state index is 13.1. The molecular formula is C19H20ClF3N2O. The van der Waals surface area contributed by atoms with E-state index in [2.05, 4.69) is 5.32 Å². The van der Waals surface area contributed by atoms with Crippen molar-refractivity contribution in [3.8, 4) is 0 Å². The average Bonchev–Trinajstić information content (AvgIpc) is 2.56. The second-order valence-electron chi connectivity index (χ2n) is 6.22. The number of hydrogen-bond acceptors (Lipinski definition) is 2. The van der Waals surface area contributed by atoms with Gasteiger partial charge in [-0.05, 0) is 37.6 Å². The lowest BCUT2D eigenvalue weighted by Gasteiger charge is -2.26. The Morgan fingerprint density at radius 3 is 2.38 bits per heavy atom. The molecular weight excluding hydrogens is 365 g/mol. The lowest BCUT2D eigenvalue weighted by Crippen LogP contribution is -2.37. The molecule has 7 heteroatoms. The summed E-state index contributed by atoms with van der Waals surface area (Å²) >= 11 is 5.65. The van der Waals surface area contributed by atoms with Crippen molar-refractivity contribution in [3.63, 3.8) is 0 Å². The zero-order valence-electron chi connectivity index (χ0n) is 14.5. The van der Waals surface area contributed by atoms with E-state index in [1.807, 2.05) is 49.1 Å². The molecule has 2 rings (SSSR count). The minimum absolute atomic E-state index is 0.0213. The molecule has 0 fully saturated rings. The first-order valence-electron chi connectivity index (χ1n) is 8.11. The van der Waals surface area contributed by atoms with Crippen LogP contribution in [0.2, 0.25) is 5.02 Å². The smallest absolute Gasteiger partial charge is 0.324 e. The van der Waals surface area contributed by atoms with Crippen LogP contribution < -0.4 is 5.32 Å². The molecule has 0 saturated heterocycles. The molecule has 0 bridgehead atoms. The molecule has 1 N–H and O–H groups in total. The fraction of sp³-hybridized carbons (Fsp3) is 0.316. The second-order valence-corrected chi connectivity index (χ2v) is 6.66. The maximum Gasteiger partial charge on any atom is 0.418 e. The van der Waals surface area contributed by atoms with E-state index < -0.39 is 17.6 Å². The SMILES string of the molecule is CC(C)N(CC(=O)Nc1ccc(Cl)cc1C(F)(F)F)Cc1ccccc1. The zero-order valence-corrected chi connectivity index (χ0v) is 15.2. The number of anilines is 1. The van der Waals surface area contributed by atoms with Crippen LogP contribution in [0.5, 0.6) is 0 Å². The van der Waals surface area contributed by atoms with Gasteiger partial charge >= 0.3 is 6.18 Å². The Morgan fingerprint density at radius 1 is 1.15 bits per heavy atom. The van der Waals surface area contributed by atoms with E-state index in [-0.39, 0.29) is 23.3 Å². The molecule has 0 radical (unpaired) electrons. The van der Waals surface area contributed by atoms with Gasteiger partial charge in [0, 0.05) is 17.6 Å². The Bertz CT molecular complexity index is 748. The lowest BCUT2D eigenvalue weighted by atomic mass is 10.1. The molecule has 2 aromatic rings. The van der Waals surface area contributed by atoms with E-state index in [0.29, 0.717) is 6.54 Å². The summed E-state index contributed by atoms with van der Waals surface area (Å²) in [6.45, 7) is 4.37. The van der Waals surface area contributed by atoms with Crippen LogP contribution in [0.1, 0.15) is 25.0 Å². The standard InChI is InChI=1S/C19H20ClF3N2O/c1-13(2)25(11-14-6-4-3-5-7-14)12-18(26)24-17-9-8-15(20)10-16(17)19(21,22)23/h3-10,13H,11-12H2,1-2H3,(H,24,26). The van der Waals surface area contributed by atoms with Crippen LogP contribution in [0, 0.1) is 0 Å². The molecule has 2 aromatic carbocycles. The lowest BCUT2D eigenvalue weighted by molar-refractivity contribution is -0.137. The van der Waals surface area contributed by atoms with E-state index in [4.69, 9.17) is 11.6 Å². The Kier molecular flexibility index (Phi) is 6.67. The minimum atomic E-state index is -4.60. The quantitative estimate of drug-likeness (QED) is 0.741. The number of nitrogens with one attached hydrogen (secondary N) is 1. The van der Waals surface area contributed by atoms with Crippen molar-refractivity contribution in [3.05, 3.63) is 64.7 Å². The summed E-state index contributed by atoms with van der Waals surface area (Å²) in [6, 6.07) is 12.9. The highest BCUT2D eigenvalue weighted by molar-refractivity contribution is 6.30. The molecule has 0 unspecified atom stereocenters. The van der Waals surface area contributed by atoms with Gasteiger partial charge in [0.15, 0.2) is 0 Å². The summed E-state index contributed by atoms with van der Waals surface area (Å²) in [7, 11) is 0. The van der Waals surface area contributed by atoms with Crippen molar-refractivity contribution in [2.75, 3.05) is 11.9 Å². The Balaban J connectivity index is 2.11. The van der Waals surface area contributed by atoms with Crippen LogP contribution in [-0.4, -0.2) is 23.4 Å². The molecule has 0 aromatic heterocycles. The largest absolute Gasteiger partial charge is 0.418 e. The molecule has 0 saturated carbocycles. The van der Waals surface area contributed by atoms with Gasteiger partial charge in [0.05, 0.1) is 17.8 Å². The van der Waals surface area contributed by atoms with Crippen molar-refractivity contribution in [2.45, 2.75) is 32.6 Å². The summed E-state index contributed by atoms with van der Waals surface area (Å²) < 4.78 is 39.4. The zero-order chi connectivity index (χ0) is 19.3. The van der Waals surface area contributed by atoms with Crippen LogP contribution in [-0.2, 0) is 17.5 Å². The van der Waals surface area contributed by atoms with Crippen LogP contribution in [0.3, 0.4) is 0 Å². The fourth-order valence-electron chi connectivity index (χ4n) is 2.47. The van der Waals surface area contributed by atoms with Crippen molar-refractivity contribution in [2.24, 2.45) is 0 Å². The third-order valence-corrected chi connectivity index (χ3v) is 4.10. The molecule has 0 aliphatic heterocycles. The number of halogens is 4. The highest BCUT2D eigenvalue weighted by Gasteiger charge is 2.34. The van der Waals surface area contributed by atoms with E-state index in [1.165, 1.54) is 12.1 Å². The van der Waals surface area contributed by atoms with Crippen molar-refractivity contribution < 1.29 is 18.0 Å². The molecule has 0 spiro atoms. The summed E-state index contributed by atoms with van der Waals surface area (Å²) in [4.78, 5) is 14.2. The molecule has 26 heavy (non-hydrogen) atoms. The number of alkyl halides is 3. The highest BCUT2D eigenvalue weighted by atomic mass is 35.5. The summed E-state index contributed by atoms with van der Waals surface area (Å²) in [5.41, 5.74) is -0.232. The maximum absolute atomic E-state index is 13.1. The average molecular weight is 385 g/mol. The summed E-state index contributed by atoms with van der Waals surface area (Å²) in [5.74, 6) is -0.512. The minimum Gasteiger partial charge on any atom is -0.324 e. The predicted octanol–water partition coefficient (Wildman–Crippen LogP) is 5.21. The third-order valence-electron chi connectivity index (χ3n) is 3.87. The molecule has 3 nitrogen and oxygen atoms in total. The first-order chi connectivity index (χ1) is 12.2. The summed E-state index contributed by atoms with van der Waals surface area (Å²) in [5, 5.41) is 2.32. The molecule has 0 heterocycles. The number of amides is 1. The van der Waals surface area contributed by atoms with Crippen LogP contribution in [0.4, 0.5) is 18.9 Å². The number of carbonyl (C=O) groups is 1. The predicted molar refractivity (Wildman–Crippen MR) is 97.1 cm³/mol. The molecule has 0 atom stereocenters. The molecule has 140 valence electrons. The van der Waals surface area contributed by atoms with Gasteiger partial charge in [-0.3, -0.25) is 9.69 Å². The Labute approximate surface area is 155 Å². The van der Waals surface area contributed by atoms with Gasteiger partial charge in [0.1, 0.15) is 0 Å². The monoisotopic (exact) mass is 384 g/mol. The highest BCUT2D eigenvalue weighted by Crippen LogP contribution is 2.36. The number of rotatable bonds is 6. The van der Waals surface area contributed by atoms with E-state index in [9.17, 15) is 18.0 Å². The van der Waals surface area contributed by atoms with Gasteiger partial charge in [-0.15, -0.1) is 0 Å². The van der Waals surface area contributed by atoms with Crippen LogP contribution in [0.25, 0.3) is 0 Å². The first-order valence-corrected chi connectivity index (χ1v) is 8.49. The summed E-state index contributed by atoms with van der Waals surface area (Å²) in [6.07, 6.45) is -4.60. The van der Waals surface area contributed by atoms with Gasteiger partial charge in [0.2, 0.25) is 5.91 Å². The number of hydrogen-bond donors (Lipinski definition) is 1. The van der Waals surface area contributed by atoms with E-state index in [0.717, 1.165) is 11.6 Å². The Morgan fingerprint density at radius 2 is 1.81 bits per heavy atom. The topological polar surface area (TPSA) is 32.3 Å².